The molecule has 4 heteroatoms. The SMILES string of the molecule is CC1Cc2ccc(N)cc2CCN1C(=O)OC(C)(C)C. The van der Waals surface area contributed by atoms with E-state index in [9.17, 15) is 4.79 Å². The van der Waals surface area contributed by atoms with Gasteiger partial charge in [-0.05, 0) is 63.8 Å². The molecule has 1 aliphatic heterocycles. The van der Waals surface area contributed by atoms with Crippen LogP contribution in [0.3, 0.4) is 0 Å². The Morgan fingerprint density at radius 3 is 2.70 bits per heavy atom. The van der Waals surface area contributed by atoms with Crippen LogP contribution in [0, 0.1) is 0 Å². The summed E-state index contributed by atoms with van der Waals surface area (Å²) < 4.78 is 5.49. The lowest BCUT2D eigenvalue weighted by Crippen LogP contribution is -2.43. The fraction of sp³-hybridized carbons (Fsp3) is 0.562. The number of fused-ring (bicyclic) bond motifs is 1. The van der Waals surface area contributed by atoms with E-state index in [1.165, 1.54) is 11.1 Å². The maximum Gasteiger partial charge on any atom is 0.410 e. The lowest BCUT2D eigenvalue weighted by Gasteiger charge is -2.30. The average molecular weight is 276 g/mol. The van der Waals surface area contributed by atoms with Crippen LogP contribution in [0.5, 0.6) is 0 Å². The van der Waals surface area contributed by atoms with Gasteiger partial charge in [-0.15, -0.1) is 0 Å². The van der Waals surface area contributed by atoms with E-state index in [1.807, 2.05) is 37.8 Å². The summed E-state index contributed by atoms with van der Waals surface area (Å²) in [4.78, 5) is 14.1. The molecule has 0 spiro atoms. The highest BCUT2D eigenvalue weighted by molar-refractivity contribution is 5.69. The smallest absolute Gasteiger partial charge is 0.410 e. The lowest BCUT2D eigenvalue weighted by molar-refractivity contribution is 0.0185. The number of amides is 1. The van der Waals surface area contributed by atoms with Crippen LogP contribution >= 0.6 is 0 Å². The molecule has 0 saturated heterocycles. The zero-order valence-electron chi connectivity index (χ0n) is 12.8. The molecule has 20 heavy (non-hydrogen) atoms. The molecule has 110 valence electrons. The van der Waals surface area contributed by atoms with Gasteiger partial charge in [-0.1, -0.05) is 6.07 Å². The van der Waals surface area contributed by atoms with Gasteiger partial charge in [-0.3, -0.25) is 0 Å². The van der Waals surface area contributed by atoms with Crippen molar-refractivity contribution in [1.82, 2.24) is 4.90 Å². The quantitative estimate of drug-likeness (QED) is 0.741. The Kier molecular flexibility index (Phi) is 3.93. The summed E-state index contributed by atoms with van der Waals surface area (Å²) in [5, 5.41) is 0. The predicted octanol–water partition coefficient (Wildman–Crippen LogP) is 2.99. The highest BCUT2D eigenvalue weighted by Gasteiger charge is 2.28. The summed E-state index contributed by atoms with van der Waals surface area (Å²) in [6, 6.07) is 6.14. The van der Waals surface area contributed by atoms with Crippen LogP contribution < -0.4 is 5.73 Å². The molecule has 0 aromatic heterocycles. The second-order valence-electron chi connectivity index (χ2n) is 6.51. The van der Waals surface area contributed by atoms with Gasteiger partial charge >= 0.3 is 6.09 Å². The number of ether oxygens (including phenoxy) is 1. The number of hydrogen-bond donors (Lipinski definition) is 1. The van der Waals surface area contributed by atoms with Crippen molar-refractivity contribution < 1.29 is 9.53 Å². The molecular formula is C16H24N2O2. The van der Waals surface area contributed by atoms with Gasteiger partial charge in [-0.2, -0.15) is 0 Å². The molecule has 2 N–H and O–H groups in total. The molecule has 2 rings (SSSR count). The molecule has 0 aliphatic carbocycles. The minimum Gasteiger partial charge on any atom is -0.444 e. The summed E-state index contributed by atoms with van der Waals surface area (Å²) in [5.74, 6) is 0. The molecule has 0 fully saturated rings. The molecule has 1 heterocycles. The molecule has 1 amide bonds. The van der Waals surface area contributed by atoms with Gasteiger partial charge in [-0.25, -0.2) is 4.79 Å². The number of carbonyl (C=O) groups excluding carboxylic acids is 1. The first-order valence-corrected chi connectivity index (χ1v) is 7.13. The number of nitrogens with two attached hydrogens (primary N) is 1. The first kappa shape index (κ1) is 14.7. The van der Waals surface area contributed by atoms with Gasteiger partial charge in [0.15, 0.2) is 0 Å². The number of anilines is 1. The normalized spacial score (nSPS) is 19.2. The second-order valence-corrected chi connectivity index (χ2v) is 6.51. The van der Waals surface area contributed by atoms with Crippen LogP contribution in [-0.2, 0) is 17.6 Å². The Hall–Kier alpha value is -1.71. The summed E-state index contributed by atoms with van der Waals surface area (Å²) in [7, 11) is 0. The fourth-order valence-electron chi connectivity index (χ4n) is 2.56. The Bertz CT molecular complexity index is 506. The Labute approximate surface area is 120 Å². The summed E-state index contributed by atoms with van der Waals surface area (Å²) in [6.07, 6.45) is 1.43. The van der Waals surface area contributed by atoms with Crippen molar-refractivity contribution in [3.8, 4) is 0 Å². The van der Waals surface area contributed by atoms with Crippen LogP contribution in [0.15, 0.2) is 18.2 Å². The summed E-state index contributed by atoms with van der Waals surface area (Å²) in [5.41, 5.74) is 8.68. The number of rotatable bonds is 0. The molecule has 1 aromatic rings. The molecule has 1 aliphatic rings. The zero-order chi connectivity index (χ0) is 14.9. The molecular weight excluding hydrogens is 252 g/mol. The second kappa shape index (κ2) is 5.35. The van der Waals surface area contributed by atoms with E-state index in [0.29, 0.717) is 6.54 Å². The lowest BCUT2D eigenvalue weighted by atomic mass is 10.0. The number of nitrogens with zero attached hydrogens (tertiary/aromatic N) is 1. The third-order valence-corrected chi connectivity index (χ3v) is 3.53. The van der Waals surface area contributed by atoms with Crippen molar-refractivity contribution in [3.63, 3.8) is 0 Å². The van der Waals surface area contributed by atoms with Gasteiger partial charge in [0.1, 0.15) is 5.60 Å². The molecule has 1 unspecified atom stereocenters. The molecule has 0 saturated carbocycles. The van der Waals surface area contributed by atoms with E-state index in [2.05, 4.69) is 13.0 Å². The van der Waals surface area contributed by atoms with Crippen molar-refractivity contribution >= 4 is 11.8 Å². The van der Waals surface area contributed by atoms with E-state index in [0.717, 1.165) is 18.5 Å². The third-order valence-electron chi connectivity index (χ3n) is 3.53. The molecule has 1 atom stereocenters. The predicted molar refractivity (Wildman–Crippen MR) is 80.7 cm³/mol. The van der Waals surface area contributed by atoms with Crippen molar-refractivity contribution in [3.05, 3.63) is 29.3 Å². The first-order valence-electron chi connectivity index (χ1n) is 7.13. The molecule has 0 bridgehead atoms. The average Bonchev–Trinajstić information content (AvgIpc) is 2.45. The van der Waals surface area contributed by atoms with Crippen LogP contribution in [0.1, 0.15) is 38.8 Å². The van der Waals surface area contributed by atoms with E-state index in [4.69, 9.17) is 10.5 Å². The summed E-state index contributed by atoms with van der Waals surface area (Å²) >= 11 is 0. The van der Waals surface area contributed by atoms with Gasteiger partial charge in [0.25, 0.3) is 0 Å². The van der Waals surface area contributed by atoms with E-state index in [1.54, 1.807) is 0 Å². The van der Waals surface area contributed by atoms with Gasteiger partial charge in [0.05, 0.1) is 0 Å². The van der Waals surface area contributed by atoms with Crippen molar-refractivity contribution in [2.45, 2.75) is 52.2 Å². The number of benzene rings is 1. The van der Waals surface area contributed by atoms with Gasteiger partial charge < -0.3 is 15.4 Å². The van der Waals surface area contributed by atoms with Crippen LogP contribution in [0.25, 0.3) is 0 Å². The zero-order valence-corrected chi connectivity index (χ0v) is 12.8. The molecule has 1 aromatic carbocycles. The number of hydrogen-bond acceptors (Lipinski definition) is 3. The van der Waals surface area contributed by atoms with Crippen molar-refractivity contribution in [2.24, 2.45) is 0 Å². The van der Waals surface area contributed by atoms with Crippen LogP contribution in [-0.4, -0.2) is 29.2 Å². The van der Waals surface area contributed by atoms with E-state index >= 15 is 0 Å². The third kappa shape index (κ3) is 3.44. The first-order chi connectivity index (χ1) is 9.26. The molecule has 0 radical (unpaired) electrons. The van der Waals surface area contributed by atoms with Crippen LogP contribution in [0.4, 0.5) is 10.5 Å². The topological polar surface area (TPSA) is 55.6 Å². The number of carbonyl (C=O) groups is 1. The summed E-state index contributed by atoms with van der Waals surface area (Å²) in [6.45, 7) is 8.41. The maximum atomic E-state index is 12.3. The van der Waals surface area contributed by atoms with Crippen molar-refractivity contribution in [2.75, 3.05) is 12.3 Å². The maximum absolute atomic E-state index is 12.3. The van der Waals surface area contributed by atoms with Gasteiger partial charge in [0, 0.05) is 18.3 Å². The standard InChI is InChI=1S/C16H24N2O2/c1-11-9-12-5-6-14(17)10-13(12)7-8-18(11)15(19)20-16(2,3)4/h5-6,10-11H,7-9,17H2,1-4H3. The van der Waals surface area contributed by atoms with Crippen molar-refractivity contribution in [1.29, 1.82) is 0 Å². The van der Waals surface area contributed by atoms with E-state index in [-0.39, 0.29) is 12.1 Å². The van der Waals surface area contributed by atoms with Crippen LogP contribution in [0.2, 0.25) is 0 Å². The highest BCUT2D eigenvalue weighted by Crippen LogP contribution is 2.23. The molecule has 4 nitrogen and oxygen atoms in total. The number of nitrogen functional groups attached to an aromatic ring is 1. The van der Waals surface area contributed by atoms with E-state index < -0.39 is 5.60 Å². The Morgan fingerprint density at radius 1 is 1.35 bits per heavy atom. The fourth-order valence-corrected chi connectivity index (χ4v) is 2.56. The highest BCUT2D eigenvalue weighted by atomic mass is 16.6. The largest absolute Gasteiger partial charge is 0.444 e. The Balaban J connectivity index is 2.15. The minimum atomic E-state index is -0.458. The minimum absolute atomic E-state index is 0.134. The monoisotopic (exact) mass is 276 g/mol. The Morgan fingerprint density at radius 2 is 2.05 bits per heavy atom. The van der Waals surface area contributed by atoms with Gasteiger partial charge in [0.2, 0.25) is 0 Å².